The van der Waals surface area contributed by atoms with Gasteiger partial charge in [0, 0.05) is 6.61 Å². The second kappa shape index (κ2) is 8.74. The van der Waals surface area contributed by atoms with Crippen LogP contribution in [0.2, 0.25) is 0 Å². The molecule has 1 aliphatic carbocycles. The summed E-state index contributed by atoms with van der Waals surface area (Å²) in [5, 5.41) is 4.12. The van der Waals surface area contributed by atoms with Gasteiger partial charge in [-0.15, -0.1) is 0 Å². The standard InChI is InChI=1S/C16H23N3OS/c17-16(21)19-18-10-14-7-4-8-15(9-14)12-20-11-13-5-2-1-3-6-13/h4,7-10,13H,1-3,5-6,11-12H2,(H3,17,19,21). The van der Waals surface area contributed by atoms with Crippen LogP contribution in [0.5, 0.6) is 0 Å². The Morgan fingerprint density at radius 2 is 2.19 bits per heavy atom. The Balaban J connectivity index is 1.77. The molecule has 0 aliphatic heterocycles. The first-order chi connectivity index (χ1) is 10.2. The van der Waals surface area contributed by atoms with Crippen molar-refractivity contribution < 1.29 is 4.74 Å². The molecule has 0 aromatic heterocycles. The summed E-state index contributed by atoms with van der Waals surface area (Å²) in [4.78, 5) is 0. The van der Waals surface area contributed by atoms with E-state index in [4.69, 9.17) is 10.5 Å². The Morgan fingerprint density at radius 3 is 2.95 bits per heavy atom. The van der Waals surface area contributed by atoms with Gasteiger partial charge in [0.15, 0.2) is 5.11 Å². The van der Waals surface area contributed by atoms with Gasteiger partial charge in [0.1, 0.15) is 0 Å². The summed E-state index contributed by atoms with van der Waals surface area (Å²) in [6.07, 6.45) is 8.43. The molecule has 0 bridgehead atoms. The topological polar surface area (TPSA) is 59.6 Å². The number of hydrazone groups is 1. The number of hydrogen-bond acceptors (Lipinski definition) is 3. The average Bonchev–Trinajstić information content (AvgIpc) is 2.48. The van der Waals surface area contributed by atoms with Crippen LogP contribution in [0.3, 0.4) is 0 Å². The maximum atomic E-state index is 5.86. The zero-order chi connectivity index (χ0) is 14.9. The van der Waals surface area contributed by atoms with Crippen molar-refractivity contribution in [3.8, 4) is 0 Å². The van der Waals surface area contributed by atoms with Crippen molar-refractivity contribution >= 4 is 23.5 Å². The molecule has 1 aromatic carbocycles. The molecule has 1 aromatic rings. The molecular formula is C16H23N3OS. The van der Waals surface area contributed by atoms with Gasteiger partial charge in [-0.25, -0.2) is 0 Å². The summed E-state index contributed by atoms with van der Waals surface area (Å²) in [6.45, 7) is 1.53. The number of thiocarbonyl (C=S) groups is 1. The van der Waals surface area contributed by atoms with E-state index in [2.05, 4.69) is 34.9 Å². The molecule has 5 heteroatoms. The molecule has 1 saturated carbocycles. The first-order valence-corrected chi connectivity index (χ1v) is 7.90. The van der Waals surface area contributed by atoms with Gasteiger partial charge >= 0.3 is 0 Å². The van der Waals surface area contributed by atoms with Crippen LogP contribution in [0.4, 0.5) is 0 Å². The fourth-order valence-electron chi connectivity index (χ4n) is 2.63. The number of nitrogens with two attached hydrogens (primary N) is 1. The van der Waals surface area contributed by atoms with E-state index >= 15 is 0 Å². The van der Waals surface area contributed by atoms with E-state index in [-0.39, 0.29) is 5.11 Å². The molecule has 0 amide bonds. The molecule has 0 atom stereocenters. The van der Waals surface area contributed by atoms with Crippen LogP contribution in [0.25, 0.3) is 0 Å². The van der Waals surface area contributed by atoms with Crippen molar-refractivity contribution in [1.82, 2.24) is 5.43 Å². The predicted molar refractivity (Wildman–Crippen MR) is 90.2 cm³/mol. The van der Waals surface area contributed by atoms with Crippen molar-refractivity contribution in [3.63, 3.8) is 0 Å². The number of nitrogens with one attached hydrogen (secondary N) is 1. The highest BCUT2D eigenvalue weighted by Gasteiger charge is 2.13. The monoisotopic (exact) mass is 305 g/mol. The minimum Gasteiger partial charge on any atom is -0.376 e. The van der Waals surface area contributed by atoms with E-state index in [9.17, 15) is 0 Å². The SMILES string of the molecule is NC(=S)NN=Cc1cccc(COCC2CCCCC2)c1. The Morgan fingerprint density at radius 1 is 1.38 bits per heavy atom. The largest absolute Gasteiger partial charge is 0.376 e. The normalized spacial score (nSPS) is 16.2. The zero-order valence-corrected chi connectivity index (χ0v) is 13.1. The lowest BCUT2D eigenvalue weighted by Crippen LogP contribution is -2.23. The van der Waals surface area contributed by atoms with Crippen molar-refractivity contribution in [2.24, 2.45) is 16.8 Å². The molecule has 114 valence electrons. The molecule has 0 radical (unpaired) electrons. The first-order valence-electron chi connectivity index (χ1n) is 7.49. The van der Waals surface area contributed by atoms with Crippen LogP contribution in [0.15, 0.2) is 29.4 Å². The van der Waals surface area contributed by atoms with Crippen molar-refractivity contribution in [3.05, 3.63) is 35.4 Å². The maximum absolute atomic E-state index is 5.86. The Kier molecular flexibility index (Phi) is 6.63. The molecule has 0 spiro atoms. The predicted octanol–water partition coefficient (Wildman–Crippen LogP) is 2.95. The summed E-state index contributed by atoms with van der Waals surface area (Å²) in [5.41, 5.74) is 10.0. The minimum atomic E-state index is 0.165. The van der Waals surface area contributed by atoms with E-state index in [1.807, 2.05) is 12.1 Å². The molecule has 3 N–H and O–H groups in total. The smallest absolute Gasteiger partial charge is 0.184 e. The van der Waals surface area contributed by atoms with E-state index in [0.717, 1.165) is 23.7 Å². The maximum Gasteiger partial charge on any atom is 0.184 e. The molecule has 21 heavy (non-hydrogen) atoms. The molecule has 4 nitrogen and oxygen atoms in total. The number of benzene rings is 1. The number of hydrogen-bond donors (Lipinski definition) is 2. The summed E-state index contributed by atoms with van der Waals surface area (Å²) in [6, 6.07) is 8.11. The number of rotatable bonds is 6. The summed E-state index contributed by atoms with van der Waals surface area (Å²) in [7, 11) is 0. The number of nitrogens with zero attached hydrogens (tertiary/aromatic N) is 1. The van der Waals surface area contributed by atoms with Gasteiger partial charge < -0.3 is 10.5 Å². The van der Waals surface area contributed by atoms with Gasteiger partial charge in [0.05, 0.1) is 12.8 Å². The highest BCUT2D eigenvalue weighted by molar-refractivity contribution is 7.80. The van der Waals surface area contributed by atoms with Gasteiger partial charge in [-0.3, -0.25) is 5.43 Å². The van der Waals surface area contributed by atoms with Crippen molar-refractivity contribution in [1.29, 1.82) is 0 Å². The highest BCUT2D eigenvalue weighted by atomic mass is 32.1. The van der Waals surface area contributed by atoms with Crippen LogP contribution in [0.1, 0.15) is 43.2 Å². The van der Waals surface area contributed by atoms with Crippen LogP contribution in [0, 0.1) is 5.92 Å². The third-order valence-corrected chi connectivity index (χ3v) is 3.78. The van der Waals surface area contributed by atoms with Gasteiger partial charge in [-0.05, 0) is 48.2 Å². The van der Waals surface area contributed by atoms with E-state index < -0.39 is 0 Å². The third kappa shape index (κ3) is 6.23. The van der Waals surface area contributed by atoms with E-state index in [1.54, 1.807) is 6.21 Å². The van der Waals surface area contributed by atoms with Gasteiger partial charge in [-0.1, -0.05) is 37.5 Å². The van der Waals surface area contributed by atoms with Crippen LogP contribution in [-0.2, 0) is 11.3 Å². The molecule has 0 saturated heterocycles. The summed E-state index contributed by atoms with van der Waals surface area (Å²) in [5.74, 6) is 0.748. The van der Waals surface area contributed by atoms with Crippen LogP contribution in [-0.4, -0.2) is 17.9 Å². The second-order valence-electron chi connectivity index (χ2n) is 5.50. The zero-order valence-electron chi connectivity index (χ0n) is 12.3. The second-order valence-corrected chi connectivity index (χ2v) is 5.94. The number of ether oxygens (including phenoxy) is 1. The molecule has 1 aliphatic rings. The molecule has 1 fully saturated rings. The Labute approximate surface area is 131 Å². The lowest BCUT2D eigenvalue weighted by molar-refractivity contribution is 0.0739. The summed E-state index contributed by atoms with van der Waals surface area (Å²) < 4.78 is 5.86. The van der Waals surface area contributed by atoms with Gasteiger partial charge in [-0.2, -0.15) is 5.10 Å². The van der Waals surface area contributed by atoms with Gasteiger partial charge in [0.25, 0.3) is 0 Å². The van der Waals surface area contributed by atoms with E-state index in [0.29, 0.717) is 6.61 Å². The van der Waals surface area contributed by atoms with Crippen LogP contribution >= 0.6 is 12.2 Å². The van der Waals surface area contributed by atoms with Gasteiger partial charge in [0.2, 0.25) is 0 Å². The lowest BCUT2D eigenvalue weighted by Gasteiger charge is -2.21. The third-order valence-electron chi connectivity index (χ3n) is 3.69. The molecule has 2 rings (SSSR count). The van der Waals surface area contributed by atoms with Crippen LogP contribution < -0.4 is 11.2 Å². The average molecular weight is 305 g/mol. The molecule has 0 unspecified atom stereocenters. The molecule has 0 heterocycles. The minimum absolute atomic E-state index is 0.165. The summed E-state index contributed by atoms with van der Waals surface area (Å²) >= 11 is 4.69. The van der Waals surface area contributed by atoms with E-state index in [1.165, 1.54) is 32.1 Å². The van der Waals surface area contributed by atoms with Crippen molar-refractivity contribution in [2.45, 2.75) is 38.7 Å². The lowest BCUT2D eigenvalue weighted by atomic mass is 9.90. The fourth-order valence-corrected chi connectivity index (χ4v) is 2.68. The Bertz CT molecular complexity index is 484. The Hall–Kier alpha value is -1.46. The fraction of sp³-hybridized carbons (Fsp3) is 0.500. The first kappa shape index (κ1) is 15.9. The highest BCUT2D eigenvalue weighted by Crippen LogP contribution is 2.23. The molecular weight excluding hydrogens is 282 g/mol. The van der Waals surface area contributed by atoms with Crippen molar-refractivity contribution in [2.75, 3.05) is 6.61 Å². The quantitative estimate of drug-likeness (QED) is 0.482.